The van der Waals surface area contributed by atoms with Crippen molar-refractivity contribution in [2.24, 2.45) is 0 Å². The fourth-order valence-electron chi connectivity index (χ4n) is 2.24. The number of benzene rings is 1. The van der Waals surface area contributed by atoms with E-state index in [9.17, 15) is 13.2 Å². The third kappa shape index (κ3) is 1.68. The molecule has 0 amide bonds. The van der Waals surface area contributed by atoms with Crippen LogP contribution in [0.1, 0.15) is 42.3 Å². The molecule has 0 unspecified atom stereocenters. The van der Waals surface area contributed by atoms with E-state index >= 15 is 0 Å². The number of nitrogens with zero attached hydrogens (tertiary/aromatic N) is 3. The first-order chi connectivity index (χ1) is 8.66. The molecule has 0 bridgehead atoms. The normalized spacial score (nSPS) is 22.4. The van der Waals surface area contributed by atoms with Crippen molar-refractivity contribution in [2.45, 2.75) is 25.1 Å². The average molecular weight is 253 g/mol. The molecule has 0 fully saturated rings. The first-order valence-electron chi connectivity index (χ1n) is 5.60. The molecule has 1 aliphatic rings. The number of alkyl halides is 3. The van der Waals surface area contributed by atoms with Crippen LogP contribution >= 0.6 is 0 Å². The van der Waals surface area contributed by atoms with Crippen molar-refractivity contribution < 1.29 is 13.2 Å². The summed E-state index contributed by atoms with van der Waals surface area (Å²) in [5.41, 5.74) is 0.851. The second-order valence-corrected chi connectivity index (χ2v) is 4.20. The highest BCUT2D eigenvalue weighted by Gasteiger charge is 2.36. The van der Waals surface area contributed by atoms with Crippen LogP contribution in [0, 0.1) is 0 Å². The molecule has 0 saturated heterocycles. The van der Waals surface area contributed by atoms with Gasteiger partial charge in [0, 0.05) is 6.42 Å². The molecule has 2 heterocycles. The van der Waals surface area contributed by atoms with Crippen molar-refractivity contribution in [3.8, 4) is 0 Å². The Morgan fingerprint density at radius 1 is 1.22 bits per heavy atom. The number of hydrogen-bond acceptors (Lipinski definition) is 2. The van der Waals surface area contributed by atoms with Crippen LogP contribution in [0.15, 0.2) is 30.3 Å². The predicted molar refractivity (Wildman–Crippen MR) is 58.0 cm³/mol. The molecular formula is C12H10F3N3. The molecule has 0 radical (unpaired) electrons. The highest BCUT2D eigenvalue weighted by Crippen LogP contribution is 2.39. The summed E-state index contributed by atoms with van der Waals surface area (Å²) in [6, 6.07) is 8.80. The van der Waals surface area contributed by atoms with Gasteiger partial charge in [-0.1, -0.05) is 30.3 Å². The molecule has 0 spiro atoms. The van der Waals surface area contributed by atoms with Gasteiger partial charge in [0.15, 0.2) is 12.0 Å². The minimum atomic E-state index is -2.77. The van der Waals surface area contributed by atoms with E-state index in [0.29, 0.717) is 0 Å². The highest BCUT2D eigenvalue weighted by molar-refractivity contribution is 5.23. The Labute approximate surface area is 101 Å². The van der Waals surface area contributed by atoms with Crippen LogP contribution in [0.25, 0.3) is 0 Å². The molecule has 0 saturated carbocycles. The molecule has 1 aromatic carbocycles. The molecule has 2 atom stereocenters. The van der Waals surface area contributed by atoms with Crippen molar-refractivity contribution in [2.75, 3.05) is 0 Å². The Bertz CT molecular complexity index is 553. The van der Waals surface area contributed by atoms with E-state index in [1.807, 2.05) is 30.3 Å². The zero-order chi connectivity index (χ0) is 12.7. The molecule has 3 rings (SSSR count). The van der Waals surface area contributed by atoms with Crippen molar-refractivity contribution in [3.05, 3.63) is 47.5 Å². The Balaban J connectivity index is 2.03. The SMILES string of the molecule is FC(F)c1nc2n(n1)[C@H](c1ccccc1)C[C@@H]2F. The van der Waals surface area contributed by atoms with E-state index in [-0.39, 0.29) is 18.3 Å². The molecule has 2 aromatic rings. The molecule has 94 valence electrons. The quantitative estimate of drug-likeness (QED) is 0.822. The first kappa shape index (κ1) is 11.3. The number of halogens is 3. The molecule has 3 nitrogen and oxygen atoms in total. The Morgan fingerprint density at radius 2 is 1.94 bits per heavy atom. The Morgan fingerprint density at radius 3 is 2.61 bits per heavy atom. The fourth-order valence-corrected chi connectivity index (χ4v) is 2.24. The second kappa shape index (κ2) is 4.12. The van der Waals surface area contributed by atoms with E-state index in [4.69, 9.17) is 0 Å². The zero-order valence-electron chi connectivity index (χ0n) is 9.30. The number of hydrogen-bond donors (Lipinski definition) is 0. The summed E-state index contributed by atoms with van der Waals surface area (Å²) < 4.78 is 40.1. The zero-order valence-corrected chi connectivity index (χ0v) is 9.30. The van der Waals surface area contributed by atoms with Crippen LogP contribution in [-0.4, -0.2) is 14.8 Å². The number of fused-ring (bicyclic) bond motifs is 1. The monoisotopic (exact) mass is 253 g/mol. The van der Waals surface area contributed by atoms with Gasteiger partial charge < -0.3 is 0 Å². The van der Waals surface area contributed by atoms with E-state index < -0.39 is 18.4 Å². The predicted octanol–water partition coefficient (Wildman–Crippen LogP) is 3.22. The topological polar surface area (TPSA) is 30.7 Å². The summed E-state index contributed by atoms with van der Waals surface area (Å²) in [6.45, 7) is 0. The van der Waals surface area contributed by atoms with E-state index in [1.165, 1.54) is 4.68 Å². The second-order valence-electron chi connectivity index (χ2n) is 4.20. The van der Waals surface area contributed by atoms with Gasteiger partial charge in [-0.15, -0.1) is 5.10 Å². The summed E-state index contributed by atoms with van der Waals surface area (Å²) in [7, 11) is 0. The maximum atomic E-state index is 13.8. The summed E-state index contributed by atoms with van der Waals surface area (Å²) in [5, 5.41) is 3.71. The Hall–Kier alpha value is -1.85. The maximum Gasteiger partial charge on any atom is 0.299 e. The average Bonchev–Trinajstić information content (AvgIpc) is 2.92. The summed E-state index contributed by atoms with van der Waals surface area (Å²) in [5.74, 6) is -0.604. The lowest BCUT2D eigenvalue weighted by molar-refractivity contribution is 0.139. The van der Waals surface area contributed by atoms with Gasteiger partial charge in [-0.2, -0.15) is 0 Å². The van der Waals surface area contributed by atoms with E-state index in [2.05, 4.69) is 10.1 Å². The standard InChI is InChI=1S/C12H10F3N3/c13-8-6-9(7-4-2-1-3-5-7)18-12(8)16-11(17-18)10(14)15/h1-5,8-10H,6H2/t8-,9-/m0/s1. The molecule has 6 heteroatoms. The van der Waals surface area contributed by atoms with Gasteiger partial charge in [0.1, 0.15) is 0 Å². The van der Waals surface area contributed by atoms with Gasteiger partial charge >= 0.3 is 0 Å². The van der Waals surface area contributed by atoms with Crippen LogP contribution < -0.4 is 0 Å². The summed E-state index contributed by atoms with van der Waals surface area (Å²) >= 11 is 0. The van der Waals surface area contributed by atoms with Gasteiger partial charge in [0.25, 0.3) is 6.43 Å². The Kier molecular flexibility index (Phi) is 2.57. The third-order valence-electron chi connectivity index (χ3n) is 3.06. The number of aromatic nitrogens is 3. The van der Waals surface area contributed by atoms with Crippen LogP contribution in [0.5, 0.6) is 0 Å². The first-order valence-corrected chi connectivity index (χ1v) is 5.60. The van der Waals surface area contributed by atoms with Gasteiger partial charge in [-0.3, -0.25) is 0 Å². The number of rotatable bonds is 2. The largest absolute Gasteiger partial charge is 0.299 e. The molecule has 0 N–H and O–H groups in total. The van der Waals surface area contributed by atoms with Crippen molar-refractivity contribution in [3.63, 3.8) is 0 Å². The van der Waals surface area contributed by atoms with Gasteiger partial charge in [-0.25, -0.2) is 22.8 Å². The minimum absolute atomic E-state index is 0.000784. The van der Waals surface area contributed by atoms with Gasteiger partial charge in [-0.05, 0) is 5.56 Å². The fraction of sp³-hybridized carbons (Fsp3) is 0.333. The third-order valence-corrected chi connectivity index (χ3v) is 3.06. The van der Waals surface area contributed by atoms with E-state index in [0.717, 1.165) is 5.56 Å². The van der Waals surface area contributed by atoms with Crippen LogP contribution in [0.4, 0.5) is 13.2 Å². The van der Waals surface area contributed by atoms with Gasteiger partial charge in [0.05, 0.1) is 6.04 Å². The molecular weight excluding hydrogens is 243 g/mol. The maximum absolute atomic E-state index is 13.8. The smallest absolute Gasteiger partial charge is 0.239 e. The minimum Gasteiger partial charge on any atom is -0.239 e. The molecule has 18 heavy (non-hydrogen) atoms. The molecule has 0 aliphatic carbocycles. The van der Waals surface area contributed by atoms with Crippen LogP contribution in [-0.2, 0) is 0 Å². The molecule has 1 aliphatic heterocycles. The van der Waals surface area contributed by atoms with E-state index in [1.54, 1.807) is 0 Å². The lowest BCUT2D eigenvalue weighted by Crippen LogP contribution is -2.07. The van der Waals surface area contributed by atoms with Gasteiger partial charge in [0.2, 0.25) is 5.82 Å². The van der Waals surface area contributed by atoms with Crippen molar-refractivity contribution >= 4 is 0 Å². The van der Waals surface area contributed by atoms with Crippen LogP contribution in [0.3, 0.4) is 0 Å². The van der Waals surface area contributed by atoms with Crippen molar-refractivity contribution in [1.29, 1.82) is 0 Å². The summed E-state index contributed by atoms with van der Waals surface area (Å²) in [4.78, 5) is 3.57. The summed E-state index contributed by atoms with van der Waals surface area (Å²) in [6.07, 6.45) is -3.91. The highest BCUT2D eigenvalue weighted by atomic mass is 19.3. The molecule has 1 aromatic heterocycles. The lowest BCUT2D eigenvalue weighted by atomic mass is 10.0. The lowest BCUT2D eigenvalue weighted by Gasteiger charge is -2.11. The van der Waals surface area contributed by atoms with Crippen molar-refractivity contribution in [1.82, 2.24) is 14.8 Å². The van der Waals surface area contributed by atoms with Crippen LogP contribution in [0.2, 0.25) is 0 Å².